The van der Waals surface area contributed by atoms with Gasteiger partial charge in [0, 0.05) is 29.9 Å². The van der Waals surface area contributed by atoms with E-state index < -0.39 is 0 Å². The molecule has 0 radical (unpaired) electrons. The number of nitrogens with zero attached hydrogens (tertiary/aromatic N) is 2. The van der Waals surface area contributed by atoms with Crippen LogP contribution in [0.15, 0.2) is 24.4 Å². The number of rotatable bonds is 6. The minimum absolute atomic E-state index is 0.560. The molecule has 0 saturated carbocycles. The minimum atomic E-state index is 0.560. The molecule has 0 amide bonds. The van der Waals surface area contributed by atoms with Gasteiger partial charge in [0.25, 0.3) is 0 Å². The van der Waals surface area contributed by atoms with Gasteiger partial charge in [0.15, 0.2) is 5.13 Å². The van der Waals surface area contributed by atoms with Crippen LogP contribution in [0.1, 0.15) is 18.7 Å². The molecule has 1 aromatic carbocycles. The second kappa shape index (κ2) is 7.16. The van der Waals surface area contributed by atoms with Crippen molar-refractivity contribution in [3.63, 3.8) is 0 Å². The molecule has 1 N–H and O–H groups in total. The van der Waals surface area contributed by atoms with Gasteiger partial charge in [0.05, 0.1) is 16.6 Å². The summed E-state index contributed by atoms with van der Waals surface area (Å²) >= 11 is 13.6. The minimum Gasteiger partial charge on any atom is -0.380 e. The van der Waals surface area contributed by atoms with Gasteiger partial charge in [-0.25, -0.2) is 4.98 Å². The van der Waals surface area contributed by atoms with Crippen molar-refractivity contribution in [3.05, 3.63) is 39.3 Å². The van der Waals surface area contributed by atoms with Crippen LogP contribution in [0.2, 0.25) is 10.0 Å². The molecule has 0 unspecified atom stereocenters. The average Bonchev–Trinajstić information content (AvgIpc) is 2.90. The van der Waals surface area contributed by atoms with Crippen LogP contribution < -0.4 is 10.2 Å². The molecule has 0 spiro atoms. The number of anilines is 2. The fourth-order valence-corrected chi connectivity index (χ4v) is 3.09. The second-order valence-corrected chi connectivity index (χ2v) is 6.17. The van der Waals surface area contributed by atoms with Gasteiger partial charge in [-0.2, -0.15) is 0 Å². The molecule has 0 fully saturated rings. The molecule has 0 bridgehead atoms. The monoisotopic (exact) mass is 329 g/mol. The van der Waals surface area contributed by atoms with E-state index >= 15 is 0 Å². The number of thiazole rings is 1. The zero-order valence-electron chi connectivity index (χ0n) is 11.5. The molecule has 0 atom stereocenters. The van der Waals surface area contributed by atoms with E-state index in [0.29, 0.717) is 10.0 Å². The quantitative estimate of drug-likeness (QED) is 0.816. The van der Waals surface area contributed by atoms with E-state index in [1.165, 1.54) is 4.88 Å². The third-order valence-electron chi connectivity index (χ3n) is 2.96. The highest BCUT2D eigenvalue weighted by molar-refractivity contribution is 7.15. The van der Waals surface area contributed by atoms with Crippen LogP contribution in [0.25, 0.3) is 0 Å². The Hall–Kier alpha value is -0.970. The molecule has 1 aromatic heterocycles. The largest absolute Gasteiger partial charge is 0.380 e. The first-order chi connectivity index (χ1) is 9.63. The molecular formula is C14H17Cl2N3S. The molecule has 0 saturated heterocycles. The topological polar surface area (TPSA) is 28.2 Å². The van der Waals surface area contributed by atoms with Crippen LogP contribution in [0, 0.1) is 0 Å². The Kier molecular flexibility index (Phi) is 5.52. The highest BCUT2D eigenvalue weighted by Gasteiger charge is 2.07. The Labute approximate surface area is 133 Å². The molecule has 108 valence electrons. The van der Waals surface area contributed by atoms with Gasteiger partial charge in [-0.15, -0.1) is 11.3 Å². The molecule has 0 aliphatic rings. The maximum atomic E-state index is 5.99. The summed E-state index contributed by atoms with van der Waals surface area (Å²) in [6, 6.07) is 5.54. The van der Waals surface area contributed by atoms with E-state index in [1.807, 2.05) is 18.3 Å². The van der Waals surface area contributed by atoms with Gasteiger partial charge in [-0.1, -0.05) is 23.2 Å². The third kappa shape index (κ3) is 3.78. The van der Waals surface area contributed by atoms with Crippen molar-refractivity contribution in [2.45, 2.75) is 20.4 Å². The third-order valence-corrected chi connectivity index (χ3v) is 4.76. The number of aromatic nitrogens is 1. The lowest BCUT2D eigenvalue weighted by molar-refractivity contribution is 0.860. The highest BCUT2D eigenvalue weighted by atomic mass is 35.5. The lowest BCUT2D eigenvalue weighted by atomic mass is 10.3. The standard InChI is InChI=1S/C14H17Cl2N3S/c1-3-19(4-2)14-18-9-11(20-14)8-17-10-5-6-12(15)13(16)7-10/h5-7,9,17H,3-4,8H2,1-2H3. The summed E-state index contributed by atoms with van der Waals surface area (Å²) in [4.78, 5) is 7.90. The summed E-state index contributed by atoms with van der Waals surface area (Å²) in [6.45, 7) is 6.96. The van der Waals surface area contributed by atoms with Gasteiger partial charge in [-0.3, -0.25) is 0 Å². The molecule has 0 aliphatic carbocycles. The van der Waals surface area contributed by atoms with Crippen molar-refractivity contribution in [2.24, 2.45) is 0 Å². The Morgan fingerprint density at radius 2 is 1.95 bits per heavy atom. The molecular weight excluding hydrogens is 313 g/mol. The molecule has 0 aliphatic heterocycles. The van der Waals surface area contributed by atoms with E-state index in [0.717, 1.165) is 30.5 Å². The number of halogens is 2. The first kappa shape index (κ1) is 15.4. The maximum absolute atomic E-state index is 5.99. The van der Waals surface area contributed by atoms with Gasteiger partial charge < -0.3 is 10.2 Å². The van der Waals surface area contributed by atoms with Crippen molar-refractivity contribution >= 4 is 45.4 Å². The molecule has 6 heteroatoms. The summed E-state index contributed by atoms with van der Waals surface area (Å²) in [5.41, 5.74) is 0.956. The Morgan fingerprint density at radius 1 is 1.20 bits per heavy atom. The van der Waals surface area contributed by atoms with Gasteiger partial charge in [0.1, 0.15) is 0 Å². The molecule has 3 nitrogen and oxygen atoms in total. The Balaban J connectivity index is 1.98. The van der Waals surface area contributed by atoms with Crippen molar-refractivity contribution in [2.75, 3.05) is 23.3 Å². The van der Waals surface area contributed by atoms with E-state index in [9.17, 15) is 0 Å². The smallest absolute Gasteiger partial charge is 0.185 e. The van der Waals surface area contributed by atoms with Crippen LogP contribution in [0.4, 0.5) is 10.8 Å². The Bertz CT molecular complexity index is 567. The van der Waals surface area contributed by atoms with E-state index in [-0.39, 0.29) is 0 Å². The SMILES string of the molecule is CCN(CC)c1ncc(CNc2ccc(Cl)c(Cl)c2)s1. The van der Waals surface area contributed by atoms with Crippen LogP contribution in [-0.2, 0) is 6.54 Å². The predicted molar refractivity (Wildman–Crippen MR) is 89.5 cm³/mol. The van der Waals surface area contributed by atoms with Crippen LogP contribution >= 0.6 is 34.5 Å². The molecule has 2 aromatic rings. The molecule has 2 rings (SSSR count). The number of hydrogen-bond acceptors (Lipinski definition) is 4. The van der Waals surface area contributed by atoms with Crippen molar-refractivity contribution < 1.29 is 0 Å². The number of benzene rings is 1. The van der Waals surface area contributed by atoms with Crippen molar-refractivity contribution in [3.8, 4) is 0 Å². The summed E-state index contributed by atoms with van der Waals surface area (Å²) in [5.74, 6) is 0. The summed E-state index contributed by atoms with van der Waals surface area (Å²) in [7, 11) is 0. The first-order valence-electron chi connectivity index (χ1n) is 6.52. The summed E-state index contributed by atoms with van der Waals surface area (Å²) in [5, 5.41) is 5.52. The average molecular weight is 330 g/mol. The van der Waals surface area contributed by atoms with Crippen LogP contribution in [0.3, 0.4) is 0 Å². The first-order valence-corrected chi connectivity index (χ1v) is 8.09. The second-order valence-electron chi connectivity index (χ2n) is 4.26. The fourth-order valence-electron chi connectivity index (χ4n) is 1.81. The lowest BCUT2D eigenvalue weighted by Gasteiger charge is -2.16. The van der Waals surface area contributed by atoms with E-state index in [1.54, 1.807) is 17.4 Å². The predicted octanol–water partition coefficient (Wildman–Crippen LogP) is 4.91. The lowest BCUT2D eigenvalue weighted by Crippen LogP contribution is -2.21. The summed E-state index contributed by atoms with van der Waals surface area (Å²) < 4.78 is 0. The van der Waals surface area contributed by atoms with E-state index in [2.05, 4.69) is 29.0 Å². The highest BCUT2D eigenvalue weighted by Crippen LogP contribution is 2.26. The zero-order chi connectivity index (χ0) is 14.5. The van der Waals surface area contributed by atoms with Crippen LogP contribution in [-0.4, -0.2) is 18.1 Å². The van der Waals surface area contributed by atoms with Gasteiger partial charge in [-0.05, 0) is 32.0 Å². The fraction of sp³-hybridized carbons (Fsp3) is 0.357. The number of hydrogen-bond donors (Lipinski definition) is 1. The zero-order valence-corrected chi connectivity index (χ0v) is 13.8. The normalized spacial score (nSPS) is 10.6. The van der Waals surface area contributed by atoms with Crippen molar-refractivity contribution in [1.29, 1.82) is 0 Å². The molecule has 1 heterocycles. The van der Waals surface area contributed by atoms with Crippen LogP contribution in [0.5, 0.6) is 0 Å². The van der Waals surface area contributed by atoms with Gasteiger partial charge in [0.2, 0.25) is 0 Å². The Morgan fingerprint density at radius 3 is 2.60 bits per heavy atom. The van der Waals surface area contributed by atoms with Gasteiger partial charge >= 0.3 is 0 Å². The van der Waals surface area contributed by atoms with E-state index in [4.69, 9.17) is 23.2 Å². The molecule has 20 heavy (non-hydrogen) atoms. The van der Waals surface area contributed by atoms with Crippen molar-refractivity contribution in [1.82, 2.24) is 4.98 Å². The number of nitrogens with one attached hydrogen (secondary N) is 1. The maximum Gasteiger partial charge on any atom is 0.185 e. The summed E-state index contributed by atoms with van der Waals surface area (Å²) in [6.07, 6.45) is 1.92.